The van der Waals surface area contributed by atoms with Gasteiger partial charge in [-0.15, -0.1) is 0 Å². The van der Waals surface area contributed by atoms with Crippen LogP contribution in [0.4, 0.5) is 26.3 Å². The van der Waals surface area contributed by atoms with E-state index in [-0.39, 0.29) is 31.6 Å². The van der Waals surface area contributed by atoms with Crippen LogP contribution >= 0.6 is 46.4 Å². The molecular weight excluding hydrogens is 584 g/mol. The Balaban J connectivity index is 1.61. The summed E-state index contributed by atoms with van der Waals surface area (Å²) in [6.45, 7) is 0. The van der Waals surface area contributed by atoms with E-state index in [4.69, 9.17) is 51.1 Å². The van der Waals surface area contributed by atoms with Gasteiger partial charge < -0.3 is 4.74 Å². The van der Waals surface area contributed by atoms with Crippen LogP contribution in [0.5, 0.6) is 11.5 Å². The summed E-state index contributed by atoms with van der Waals surface area (Å²) in [6, 6.07) is 14.8. The second kappa shape index (κ2) is 10.3. The summed E-state index contributed by atoms with van der Waals surface area (Å²) >= 11 is 25.5. The molecule has 0 radical (unpaired) electrons. The highest BCUT2D eigenvalue weighted by Gasteiger charge is 2.31. The Kier molecular flexibility index (Phi) is 7.64. The Morgan fingerprint density at radius 3 is 1.05 bits per heavy atom. The maximum atomic E-state index is 12.8. The highest BCUT2D eigenvalue weighted by atomic mass is 35.5. The summed E-state index contributed by atoms with van der Waals surface area (Å²) in [5.41, 5.74) is -0.0137. The molecule has 11 heteroatoms. The van der Waals surface area contributed by atoms with Crippen molar-refractivity contribution < 1.29 is 31.1 Å². The fourth-order valence-corrected chi connectivity index (χ4v) is 4.40. The Hall–Kier alpha value is -2.58. The van der Waals surface area contributed by atoms with Gasteiger partial charge in [-0.05, 0) is 59.7 Å². The second-order valence-corrected chi connectivity index (χ2v) is 9.24. The van der Waals surface area contributed by atoms with Gasteiger partial charge in [-0.25, -0.2) is 0 Å². The standard InChI is InChI=1S/C26H12Cl4F6O/c27-21-17(13-1-5-15(6-2-13)25(31,32)33)9-11-19(23(21)29)37-20-12-10-18(22(28)24(20)30)14-3-7-16(8-4-14)26(34,35)36/h1-12H. The van der Waals surface area contributed by atoms with Crippen molar-refractivity contribution >= 4 is 46.4 Å². The topological polar surface area (TPSA) is 9.23 Å². The maximum Gasteiger partial charge on any atom is 0.416 e. The van der Waals surface area contributed by atoms with Crippen LogP contribution in [0.1, 0.15) is 11.1 Å². The van der Waals surface area contributed by atoms with Crippen molar-refractivity contribution in [2.24, 2.45) is 0 Å². The highest BCUT2D eigenvalue weighted by molar-refractivity contribution is 6.45. The van der Waals surface area contributed by atoms with Crippen molar-refractivity contribution in [3.8, 4) is 33.8 Å². The number of ether oxygens (including phenoxy) is 1. The fourth-order valence-electron chi connectivity index (χ4n) is 3.46. The van der Waals surface area contributed by atoms with E-state index >= 15 is 0 Å². The Morgan fingerprint density at radius 1 is 0.432 bits per heavy atom. The predicted octanol–water partition coefficient (Wildman–Crippen LogP) is 11.5. The molecule has 4 aromatic carbocycles. The van der Waals surface area contributed by atoms with Gasteiger partial charge in [0.05, 0.1) is 21.2 Å². The number of rotatable bonds is 4. The third-order valence-electron chi connectivity index (χ3n) is 5.36. The monoisotopic (exact) mass is 594 g/mol. The molecule has 0 bridgehead atoms. The zero-order valence-electron chi connectivity index (χ0n) is 18.1. The first-order chi connectivity index (χ1) is 17.3. The van der Waals surface area contributed by atoms with E-state index in [1.807, 2.05) is 0 Å². The number of hydrogen-bond acceptors (Lipinski definition) is 1. The van der Waals surface area contributed by atoms with Crippen molar-refractivity contribution in [3.63, 3.8) is 0 Å². The lowest BCUT2D eigenvalue weighted by Gasteiger charge is -2.15. The number of halogens is 10. The SMILES string of the molecule is FC(F)(F)c1ccc(-c2ccc(Oc3ccc(-c4ccc(C(F)(F)F)cc4)c(Cl)c3Cl)c(Cl)c2Cl)cc1. The fraction of sp³-hybridized carbons (Fsp3) is 0.0769. The first kappa shape index (κ1) is 27.5. The average molecular weight is 596 g/mol. The van der Waals surface area contributed by atoms with E-state index in [1.165, 1.54) is 48.5 Å². The van der Waals surface area contributed by atoms with Crippen LogP contribution in [0.15, 0.2) is 72.8 Å². The van der Waals surface area contributed by atoms with Gasteiger partial charge >= 0.3 is 12.4 Å². The van der Waals surface area contributed by atoms with Crippen LogP contribution in [0.2, 0.25) is 20.1 Å². The highest BCUT2D eigenvalue weighted by Crippen LogP contribution is 2.45. The average Bonchev–Trinajstić information content (AvgIpc) is 2.84. The van der Waals surface area contributed by atoms with E-state index in [1.54, 1.807) is 0 Å². The van der Waals surface area contributed by atoms with Gasteiger partial charge in [0.15, 0.2) is 0 Å². The largest absolute Gasteiger partial charge is 0.454 e. The third-order valence-corrected chi connectivity index (χ3v) is 7.09. The molecule has 0 fully saturated rings. The van der Waals surface area contributed by atoms with Crippen molar-refractivity contribution in [2.45, 2.75) is 12.4 Å². The zero-order valence-corrected chi connectivity index (χ0v) is 21.1. The molecule has 0 aromatic heterocycles. The normalized spacial score (nSPS) is 12.1. The molecule has 0 saturated heterocycles. The summed E-state index contributed by atoms with van der Waals surface area (Å²) in [7, 11) is 0. The first-order valence-electron chi connectivity index (χ1n) is 10.3. The van der Waals surface area contributed by atoms with E-state index in [0.717, 1.165) is 24.3 Å². The smallest absolute Gasteiger partial charge is 0.416 e. The summed E-state index contributed by atoms with van der Waals surface area (Å²) in [6.07, 6.45) is -8.94. The predicted molar refractivity (Wildman–Crippen MR) is 134 cm³/mol. The van der Waals surface area contributed by atoms with Crippen molar-refractivity contribution in [1.82, 2.24) is 0 Å². The molecule has 192 valence electrons. The van der Waals surface area contributed by atoms with E-state index < -0.39 is 23.5 Å². The Bertz CT molecular complexity index is 1340. The van der Waals surface area contributed by atoms with Crippen LogP contribution in [0, 0.1) is 0 Å². The van der Waals surface area contributed by atoms with E-state index in [2.05, 4.69) is 0 Å². The molecule has 0 unspecified atom stereocenters. The van der Waals surface area contributed by atoms with Gasteiger partial charge in [-0.3, -0.25) is 0 Å². The first-order valence-corrected chi connectivity index (χ1v) is 11.8. The zero-order chi connectivity index (χ0) is 27.1. The minimum Gasteiger partial charge on any atom is -0.454 e. The van der Waals surface area contributed by atoms with E-state index in [0.29, 0.717) is 22.3 Å². The number of benzene rings is 4. The molecule has 0 heterocycles. The van der Waals surface area contributed by atoms with Crippen LogP contribution in [0.25, 0.3) is 22.3 Å². The lowest BCUT2D eigenvalue weighted by Crippen LogP contribution is -2.04. The molecule has 4 rings (SSSR count). The Labute approximate surface area is 227 Å². The second-order valence-electron chi connectivity index (χ2n) is 7.73. The minimum atomic E-state index is -4.47. The maximum absolute atomic E-state index is 12.8. The van der Waals surface area contributed by atoms with Gasteiger partial charge in [0.25, 0.3) is 0 Å². The van der Waals surface area contributed by atoms with Crippen molar-refractivity contribution in [2.75, 3.05) is 0 Å². The quantitative estimate of drug-likeness (QED) is 0.213. The van der Waals surface area contributed by atoms with Gasteiger partial charge in [0.1, 0.15) is 21.5 Å². The molecule has 0 aliphatic rings. The van der Waals surface area contributed by atoms with Crippen molar-refractivity contribution in [3.05, 3.63) is 104 Å². The van der Waals surface area contributed by atoms with Gasteiger partial charge in [0.2, 0.25) is 0 Å². The molecule has 0 aliphatic carbocycles. The molecule has 0 saturated carbocycles. The Morgan fingerprint density at radius 2 is 0.757 bits per heavy atom. The summed E-state index contributed by atoms with van der Waals surface area (Å²) < 4.78 is 82.8. The minimum absolute atomic E-state index is 0.0157. The molecular formula is C26H12Cl4F6O. The molecule has 0 spiro atoms. The van der Waals surface area contributed by atoms with E-state index in [9.17, 15) is 26.3 Å². The summed E-state index contributed by atoms with van der Waals surface area (Å²) in [5, 5.41) is 0.0566. The molecule has 4 aromatic rings. The molecule has 0 N–H and O–H groups in total. The van der Waals surface area contributed by atoms with Crippen molar-refractivity contribution in [1.29, 1.82) is 0 Å². The van der Waals surface area contributed by atoms with Crippen LogP contribution in [-0.4, -0.2) is 0 Å². The number of hydrogen-bond donors (Lipinski definition) is 0. The van der Waals surface area contributed by atoms with Crippen LogP contribution < -0.4 is 4.74 Å². The molecule has 0 aliphatic heterocycles. The third kappa shape index (κ3) is 5.80. The van der Waals surface area contributed by atoms with Gasteiger partial charge in [-0.1, -0.05) is 70.7 Å². The summed E-state index contributed by atoms with van der Waals surface area (Å²) in [4.78, 5) is 0. The molecule has 0 amide bonds. The number of alkyl halides is 6. The molecule has 1 nitrogen and oxygen atoms in total. The molecule has 0 atom stereocenters. The lowest BCUT2D eigenvalue weighted by atomic mass is 10.0. The van der Waals surface area contributed by atoms with Gasteiger partial charge in [-0.2, -0.15) is 26.3 Å². The van der Waals surface area contributed by atoms with Gasteiger partial charge in [0, 0.05) is 11.1 Å². The molecule has 37 heavy (non-hydrogen) atoms. The van der Waals surface area contributed by atoms with Crippen LogP contribution in [0.3, 0.4) is 0 Å². The lowest BCUT2D eigenvalue weighted by molar-refractivity contribution is -0.138. The summed E-state index contributed by atoms with van der Waals surface area (Å²) in [5.74, 6) is 0.199. The van der Waals surface area contributed by atoms with Crippen LogP contribution in [-0.2, 0) is 12.4 Å².